The van der Waals surface area contributed by atoms with E-state index >= 15 is 0 Å². The molecule has 2 fully saturated rings. The number of hydrogen-bond acceptors (Lipinski definition) is 2. The summed E-state index contributed by atoms with van der Waals surface area (Å²) in [4.78, 5) is 14.7. The summed E-state index contributed by atoms with van der Waals surface area (Å²) >= 11 is 12.3. The molecule has 5 heteroatoms. The fraction of sp³-hybridized carbons (Fsp3) is 0.588. The summed E-state index contributed by atoms with van der Waals surface area (Å²) in [7, 11) is 1.52. The van der Waals surface area contributed by atoms with Gasteiger partial charge in [-0.25, -0.2) is 0 Å². The van der Waals surface area contributed by atoms with Crippen molar-refractivity contribution in [3.05, 3.63) is 27.7 Å². The van der Waals surface area contributed by atoms with Crippen molar-refractivity contribution in [1.82, 2.24) is 4.90 Å². The molecule has 0 spiro atoms. The minimum Gasteiger partial charge on any atom is -0.494 e. The molecule has 1 aromatic carbocycles. The van der Waals surface area contributed by atoms with Gasteiger partial charge in [0, 0.05) is 18.7 Å². The molecule has 0 radical (unpaired) electrons. The molecule has 0 aromatic heterocycles. The Morgan fingerprint density at radius 3 is 2.41 bits per heavy atom. The van der Waals surface area contributed by atoms with Crippen molar-refractivity contribution in [3.8, 4) is 5.75 Å². The topological polar surface area (TPSA) is 29.5 Å². The van der Waals surface area contributed by atoms with Crippen molar-refractivity contribution in [3.63, 3.8) is 0 Å². The minimum atomic E-state index is 0.0236. The maximum atomic E-state index is 12.7. The highest BCUT2D eigenvalue weighted by atomic mass is 35.5. The van der Waals surface area contributed by atoms with E-state index in [9.17, 15) is 4.79 Å². The van der Waals surface area contributed by atoms with Gasteiger partial charge in [-0.2, -0.15) is 0 Å². The Balaban J connectivity index is 1.76. The molecule has 1 saturated heterocycles. The number of amides is 1. The lowest BCUT2D eigenvalue weighted by Crippen LogP contribution is -2.44. The van der Waals surface area contributed by atoms with Gasteiger partial charge in [-0.1, -0.05) is 42.5 Å². The zero-order chi connectivity index (χ0) is 15.7. The van der Waals surface area contributed by atoms with E-state index in [-0.39, 0.29) is 5.91 Å². The number of carbonyl (C=O) groups excluding carboxylic acids is 1. The van der Waals surface area contributed by atoms with Gasteiger partial charge in [0.05, 0.1) is 17.2 Å². The molecule has 0 bridgehead atoms. The molecule has 1 aliphatic heterocycles. The molecule has 2 aliphatic rings. The van der Waals surface area contributed by atoms with Gasteiger partial charge in [-0.05, 0) is 36.8 Å². The maximum Gasteiger partial charge on any atom is 0.253 e. The lowest BCUT2D eigenvalue weighted by atomic mass is 9.75. The average molecular weight is 342 g/mol. The first-order valence-corrected chi connectivity index (χ1v) is 8.68. The normalized spacial score (nSPS) is 24.8. The molecule has 0 unspecified atom stereocenters. The Bertz CT molecular complexity index is 553. The monoisotopic (exact) mass is 341 g/mol. The van der Waals surface area contributed by atoms with Gasteiger partial charge in [0.2, 0.25) is 0 Å². The first kappa shape index (κ1) is 15.9. The number of benzene rings is 1. The van der Waals surface area contributed by atoms with E-state index < -0.39 is 0 Å². The van der Waals surface area contributed by atoms with Crippen LogP contribution in [-0.2, 0) is 0 Å². The Hall–Kier alpha value is -0.930. The van der Waals surface area contributed by atoms with Crippen molar-refractivity contribution in [2.45, 2.75) is 32.1 Å². The van der Waals surface area contributed by atoms with E-state index in [1.807, 2.05) is 4.90 Å². The summed E-state index contributed by atoms with van der Waals surface area (Å²) in [5.74, 6) is 1.91. The molecule has 2 atom stereocenters. The quantitative estimate of drug-likeness (QED) is 0.783. The number of likely N-dealkylation sites (tertiary alicyclic amines) is 1. The van der Waals surface area contributed by atoms with Crippen LogP contribution in [0.4, 0.5) is 0 Å². The molecule has 1 saturated carbocycles. The molecular formula is C17H21Cl2NO2. The second kappa shape index (κ2) is 6.67. The first-order chi connectivity index (χ1) is 10.6. The number of carbonyl (C=O) groups is 1. The molecule has 3 rings (SSSR count). The van der Waals surface area contributed by atoms with E-state index in [0.29, 0.717) is 27.3 Å². The molecule has 120 valence electrons. The van der Waals surface area contributed by atoms with Gasteiger partial charge in [-0.15, -0.1) is 0 Å². The molecular weight excluding hydrogens is 321 g/mol. The Kier molecular flexibility index (Phi) is 4.84. The third-order valence-corrected chi connectivity index (χ3v) is 5.59. The van der Waals surface area contributed by atoms with Gasteiger partial charge < -0.3 is 9.64 Å². The molecule has 1 aliphatic carbocycles. The first-order valence-electron chi connectivity index (χ1n) is 7.92. The van der Waals surface area contributed by atoms with Crippen LogP contribution in [0.25, 0.3) is 0 Å². The fourth-order valence-electron chi connectivity index (χ4n) is 3.85. The van der Waals surface area contributed by atoms with Crippen molar-refractivity contribution in [1.29, 1.82) is 0 Å². The average Bonchev–Trinajstić information content (AvgIpc) is 2.53. The molecule has 0 N–H and O–H groups in total. The highest BCUT2D eigenvalue weighted by molar-refractivity contribution is 6.37. The standard InChI is InChI=1S/C17H21Cl2NO2/c1-22-16-14(18)8-13(9-15(16)19)17(21)20-7-6-11-4-2-3-5-12(11)10-20/h8-9,11-12H,2-7,10H2,1H3/t11-,12+/m1/s1. The van der Waals surface area contributed by atoms with E-state index in [0.717, 1.165) is 25.4 Å². The largest absolute Gasteiger partial charge is 0.494 e. The summed E-state index contributed by atoms with van der Waals surface area (Å²) < 4.78 is 5.14. The van der Waals surface area contributed by atoms with Crippen LogP contribution in [-0.4, -0.2) is 31.0 Å². The van der Waals surface area contributed by atoms with Gasteiger partial charge in [0.1, 0.15) is 0 Å². The van der Waals surface area contributed by atoms with Crippen LogP contribution < -0.4 is 4.74 Å². The SMILES string of the molecule is COc1c(Cl)cc(C(=O)N2CC[C@H]3CCCC[C@H]3C2)cc1Cl. The summed E-state index contributed by atoms with van der Waals surface area (Å²) in [5.41, 5.74) is 0.546. The zero-order valence-electron chi connectivity index (χ0n) is 12.8. The van der Waals surface area contributed by atoms with Gasteiger partial charge in [0.25, 0.3) is 5.91 Å². The van der Waals surface area contributed by atoms with Crippen LogP contribution in [0.15, 0.2) is 12.1 Å². The Morgan fingerprint density at radius 1 is 1.14 bits per heavy atom. The van der Waals surface area contributed by atoms with Gasteiger partial charge in [-0.3, -0.25) is 4.79 Å². The van der Waals surface area contributed by atoms with Gasteiger partial charge >= 0.3 is 0 Å². The van der Waals surface area contributed by atoms with E-state index in [2.05, 4.69) is 0 Å². The molecule has 1 aromatic rings. The third-order valence-electron chi connectivity index (χ3n) is 5.03. The number of nitrogens with zero attached hydrogens (tertiary/aromatic N) is 1. The van der Waals surface area contributed by atoms with E-state index in [1.54, 1.807) is 12.1 Å². The summed E-state index contributed by atoms with van der Waals surface area (Å²) in [6, 6.07) is 3.31. The Labute approximate surface area is 141 Å². The summed E-state index contributed by atoms with van der Waals surface area (Å²) in [5, 5.41) is 0.761. The zero-order valence-corrected chi connectivity index (χ0v) is 14.3. The summed E-state index contributed by atoms with van der Waals surface area (Å²) in [6.45, 7) is 1.70. The van der Waals surface area contributed by atoms with Crippen LogP contribution in [0, 0.1) is 11.8 Å². The minimum absolute atomic E-state index is 0.0236. The van der Waals surface area contributed by atoms with Crippen LogP contribution in [0.5, 0.6) is 5.75 Å². The number of hydrogen-bond donors (Lipinski definition) is 0. The summed E-state index contributed by atoms with van der Waals surface area (Å²) in [6.07, 6.45) is 6.34. The molecule has 1 amide bonds. The van der Waals surface area contributed by atoms with Crippen molar-refractivity contribution in [2.75, 3.05) is 20.2 Å². The lowest BCUT2D eigenvalue weighted by Gasteiger charge is -2.41. The number of piperidine rings is 1. The van der Waals surface area contributed by atoms with Crippen LogP contribution in [0.1, 0.15) is 42.5 Å². The third kappa shape index (κ3) is 3.07. The fourth-order valence-corrected chi connectivity index (χ4v) is 4.49. The number of rotatable bonds is 2. The predicted molar refractivity (Wildman–Crippen MR) is 89.0 cm³/mol. The highest BCUT2D eigenvalue weighted by Crippen LogP contribution is 2.38. The van der Waals surface area contributed by atoms with Crippen molar-refractivity contribution < 1.29 is 9.53 Å². The van der Waals surface area contributed by atoms with Crippen molar-refractivity contribution >= 4 is 29.1 Å². The maximum absolute atomic E-state index is 12.7. The van der Waals surface area contributed by atoms with E-state index in [1.165, 1.54) is 32.8 Å². The second-order valence-corrected chi connectivity index (χ2v) is 7.13. The highest BCUT2D eigenvalue weighted by Gasteiger charge is 2.33. The Morgan fingerprint density at radius 2 is 1.77 bits per heavy atom. The number of fused-ring (bicyclic) bond motifs is 1. The molecule has 1 heterocycles. The second-order valence-electron chi connectivity index (χ2n) is 6.32. The van der Waals surface area contributed by atoms with Crippen LogP contribution in [0.2, 0.25) is 10.0 Å². The van der Waals surface area contributed by atoms with Crippen LogP contribution >= 0.6 is 23.2 Å². The number of methoxy groups -OCH3 is 1. The molecule has 3 nitrogen and oxygen atoms in total. The number of halogens is 2. The number of ether oxygens (including phenoxy) is 1. The predicted octanol–water partition coefficient (Wildman–Crippen LogP) is 4.65. The lowest BCUT2D eigenvalue weighted by molar-refractivity contribution is 0.0521. The molecule has 22 heavy (non-hydrogen) atoms. The van der Waals surface area contributed by atoms with Crippen molar-refractivity contribution in [2.24, 2.45) is 11.8 Å². The van der Waals surface area contributed by atoms with Gasteiger partial charge in [0.15, 0.2) is 5.75 Å². The smallest absolute Gasteiger partial charge is 0.253 e. The van der Waals surface area contributed by atoms with E-state index in [4.69, 9.17) is 27.9 Å². The van der Waals surface area contributed by atoms with Crippen LogP contribution in [0.3, 0.4) is 0 Å².